The quantitative estimate of drug-likeness (QED) is 0.830. The van der Waals surface area contributed by atoms with E-state index in [1.807, 2.05) is 6.92 Å². The minimum atomic E-state index is -0.630. The van der Waals surface area contributed by atoms with Gasteiger partial charge in [-0.25, -0.2) is 0 Å². The van der Waals surface area contributed by atoms with Gasteiger partial charge >= 0.3 is 0 Å². The molecule has 4 nitrogen and oxygen atoms in total. The van der Waals surface area contributed by atoms with Gasteiger partial charge in [-0.15, -0.1) is 0 Å². The van der Waals surface area contributed by atoms with Crippen LogP contribution >= 0.6 is 23.2 Å². The number of rotatable bonds is 1. The molecule has 0 aromatic heterocycles. The van der Waals surface area contributed by atoms with E-state index < -0.39 is 5.92 Å². The average molecular weight is 349 g/mol. The first-order valence-corrected chi connectivity index (χ1v) is 7.97. The van der Waals surface area contributed by atoms with Gasteiger partial charge in [-0.2, -0.15) is 5.26 Å². The third-order valence-electron chi connectivity index (χ3n) is 4.16. The fourth-order valence-corrected chi connectivity index (χ4v) is 3.56. The van der Waals surface area contributed by atoms with Gasteiger partial charge in [0.1, 0.15) is 17.4 Å². The Hall–Kier alpha value is -1.96. The predicted octanol–water partition coefficient (Wildman–Crippen LogP) is 4.05. The number of ketones is 1. The number of nitriles is 1. The number of halogens is 2. The molecule has 118 valence electrons. The molecule has 0 radical (unpaired) electrons. The minimum Gasteiger partial charge on any atom is -0.444 e. The summed E-state index contributed by atoms with van der Waals surface area (Å²) in [6.07, 6.45) is 1.02. The van der Waals surface area contributed by atoms with E-state index >= 15 is 0 Å². The Bertz CT molecular complexity index is 805. The molecule has 2 N–H and O–H groups in total. The van der Waals surface area contributed by atoms with Crippen LogP contribution < -0.4 is 5.73 Å². The van der Waals surface area contributed by atoms with E-state index in [1.165, 1.54) is 0 Å². The maximum Gasteiger partial charge on any atom is 0.205 e. The van der Waals surface area contributed by atoms with E-state index in [-0.39, 0.29) is 23.2 Å². The summed E-state index contributed by atoms with van der Waals surface area (Å²) in [5.74, 6) is 0.0589. The van der Waals surface area contributed by atoms with E-state index in [0.717, 1.165) is 0 Å². The molecule has 1 aromatic carbocycles. The number of carbonyl (C=O) groups is 1. The van der Waals surface area contributed by atoms with Crippen LogP contribution in [0.1, 0.15) is 31.2 Å². The molecule has 23 heavy (non-hydrogen) atoms. The molecular formula is C17H14Cl2N2O2. The number of nitrogens with two attached hydrogens (primary N) is 1. The van der Waals surface area contributed by atoms with Crippen molar-refractivity contribution in [2.75, 3.05) is 0 Å². The van der Waals surface area contributed by atoms with Gasteiger partial charge < -0.3 is 10.5 Å². The van der Waals surface area contributed by atoms with Gasteiger partial charge in [-0.05, 0) is 17.5 Å². The normalized spacial score (nSPS) is 24.2. The van der Waals surface area contributed by atoms with Crippen LogP contribution in [-0.4, -0.2) is 5.78 Å². The summed E-state index contributed by atoms with van der Waals surface area (Å²) < 4.78 is 5.57. The first kappa shape index (κ1) is 15.9. The lowest BCUT2D eigenvalue weighted by Gasteiger charge is -2.33. The Balaban J connectivity index is 2.24. The van der Waals surface area contributed by atoms with Crippen LogP contribution in [0.5, 0.6) is 0 Å². The van der Waals surface area contributed by atoms with Crippen molar-refractivity contribution in [1.82, 2.24) is 0 Å². The maximum atomic E-state index is 12.6. The van der Waals surface area contributed by atoms with E-state index in [2.05, 4.69) is 6.07 Å². The van der Waals surface area contributed by atoms with Gasteiger partial charge in [0.15, 0.2) is 5.78 Å². The molecule has 1 heterocycles. The third kappa shape index (κ3) is 2.60. The molecule has 1 aromatic rings. The zero-order chi connectivity index (χ0) is 16.7. The highest BCUT2D eigenvalue weighted by Crippen LogP contribution is 2.47. The van der Waals surface area contributed by atoms with Crippen LogP contribution in [0.4, 0.5) is 0 Å². The number of hydrogen-bond acceptors (Lipinski definition) is 4. The number of Topliss-reactive ketones (excluding diaryl/α,β-unsaturated/α-hetero) is 1. The highest BCUT2D eigenvalue weighted by Gasteiger charge is 2.40. The largest absolute Gasteiger partial charge is 0.444 e. The standard InChI is InChI=1S/C17H14Cl2N2O2/c1-8-5-12(22)15-13(6-8)23-17(21)10(7-20)14(15)9-3-2-4-11(18)16(9)19/h2-4,8,14H,5-6,21H2,1H3. The lowest BCUT2D eigenvalue weighted by Crippen LogP contribution is -2.29. The fourth-order valence-electron chi connectivity index (χ4n) is 3.15. The van der Waals surface area contributed by atoms with Gasteiger partial charge in [0, 0.05) is 18.4 Å². The maximum absolute atomic E-state index is 12.6. The van der Waals surface area contributed by atoms with Crippen molar-refractivity contribution in [2.45, 2.75) is 25.7 Å². The van der Waals surface area contributed by atoms with E-state index in [4.69, 9.17) is 33.7 Å². The summed E-state index contributed by atoms with van der Waals surface area (Å²) in [6.45, 7) is 1.98. The van der Waals surface area contributed by atoms with Crippen molar-refractivity contribution in [3.63, 3.8) is 0 Å². The number of ether oxygens (including phenoxy) is 1. The molecule has 2 aliphatic rings. The van der Waals surface area contributed by atoms with Crippen molar-refractivity contribution in [3.8, 4) is 6.07 Å². The number of allylic oxidation sites excluding steroid dienone is 3. The number of hydrogen-bond donors (Lipinski definition) is 1. The number of benzene rings is 1. The molecule has 0 fully saturated rings. The van der Waals surface area contributed by atoms with Crippen LogP contribution in [0.3, 0.4) is 0 Å². The molecule has 0 bridgehead atoms. The molecule has 2 unspecified atom stereocenters. The van der Waals surface area contributed by atoms with Gasteiger partial charge in [-0.3, -0.25) is 4.79 Å². The molecule has 0 amide bonds. The molecule has 0 saturated heterocycles. The summed E-state index contributed by atoms with van der Waals surface area (Å²) in [5, 5.41) is 10.2. The molecular weight excluding hydrogens is 335 g/mol. The summed E-state index contributed by atoms with van der Waals surface area (Å²) in [4.78, 5) is 12.6. The third-order valence-corrected chi connectivity index (χ3v) is 4.99. The van der Waals surface area contributed by atoms with Crippen molar-refractivity contribution in [2.24, 2.45) is 11.7 Å². The highest BCUT2D eigenvalue weighted by atomic mass is 35.5. The second-order valence-corrected chi connectivity index (χ2v) is 6.63. The summed E-state index contributed by atoms with van der Waals surface area (Å²) in [5.41, 5.74) is 7.17. The SMILES string of the molecule is CC1CC(=O)C2=C(C1)OC(N)=C(C#N)C2c1cccc(Cl)c1Cl. The van der Waals surface area contributed by atoms with Crippen molar-refractivity contribution in [1.29, 1.82) is 5.26 Å². The van der Waals surface area contributed by atoms with Crippen molar-refractivity contribution < 1.29 is 9.53 Å². The molecule has 1 aliphatic heterocycles. The molecule has 0 spiro atoms. The first-order chi connectivity index (χ1) is 10.9. The van der Waals surface area contributed by atoms with Crippen LogP contribution in [0.2, 0.25) is 10.0 Å². The predicted molar refractivity (Wildman–Crippen MR) is 87.5 cm³/mol. The fraction of sp³-hybridized carbons (Fsp3) is 0.294. The highest BCUT2D eigenvalue weighted by molar-refractivity contribution is 6.42. The van der Waals surface area contributed by atoms with Crippen molar-refractivity contribution >= 4 is 29.0 Å². The lowest BCUT2D eigenvalue weighted by molar-refractivity contribution is -0.117. The number of carbonyl (C=O) groups excluding carboxylic acids is 1. The Morgan fingerprint density at radius 1 is 1.35 bits per heavy atom. The lowest BCUT2D eigenvalue weighted by atomic mass is 9.75. The first-order valence-electron chi connectivity index (χ1n) is 7.21. The Kier molecular flexibility index (Phi) is 4.09. The molecule has 6 heteroatoms. The van der Waals surface area contributed by atoms with Gasteiger partial charge in [0.25, 0.3) is 0 Å². The summed E-state index contributed by atoms with van der Waals surface area (Å²) >= 11 is 12.4. The van der Waals surface area contributed by atoms with Crippen LogP contribution in [0.15, 0.2) is 41.0 Å². The van der Waals surface area contributed by atoms with Gasteiger partial charge in [-0.1, -0.05) is 42.3 Å². The average Bonchev–Trinajstić information content (AvgIpc) is 2.48. The van der Waals surface area contributed by atoms with E-state index in [1.54, 1.807) is 18.2 Å². The monoisotopic (exact) mass is 348 g/mol. The zero-order valence-electron chi connectivity index (χ0n) is 12.4. The Morgan fingerprint density at radius 2 is 2.09 bits per heavy atom. The molecule has 2 atom stereocenters. The minimum absolute atomic E-state index is 0.0224. The Labute approximate surface area is 144 Å². The summed E-state index contributed by atoms with van der Waals surface area (Å²) in [6, 6.07) is 7.21. The van der Waals surface area contributed by atoms with Crippen molar-refractivity contribution in [3.05, 3.63) is 56.6 Å². The van der Waals surface area contributed by atoms with Crippen LogP contribution in [0, 0.1) is 17.2 Å². The second kappa shape index (κ2) is 5.92. The van der Waals surface area contributed by atoms with Gasteiger partial charge in [0.2, 0.25) is 5.88 Å². The van der Waals surface area contributed by atoms with Crippen LogP contribution in [-0.2, 0) is 9.53 Å². The van der Waals surface area contributed by atoms with E-state index in [0.29, 0.717) is 39.8 Å². The smallest absolute Gasteiger partial charge is 0.205 e. The molecule has 0 saturated carbocycles. The zero-order valence-corrected chi connectivity index (χ0v) is 13.9. The van der Waals surface area contributed by atoms with E-state index in [9.17, 15) is 10.1 Å². The molecule has 1 aliphatic carbocycles. The molecule has 3 rings (SSSR count). The summed E-state index contributed by atoms with van der Waals surface area (Å²) in [7, 11) is 0. The Morgan fingerprint density at radius 3 is 2.78 bits per heavy atom. The van der Waals surface area contributed by atoms with Crippen LogP contribution in [0.25, 0.3) is 0 Å². The topological polar surface area (TPSA) is 76.1 Å². The second-order valence-electron chi connectivity index (χ2n) is 5.84. The number of nitrogens with zero attached hydrogens (tertiary/aromatic N) is 1. The van der Waals surface area contributed by atoms with Gasteiger partial charge in [0.05, 0.1) is 16.0 Å².